The third-order valence-electron chi connectivity index (χ3n) is 24.5. The number of aliphatic hydroxyl groups is 1. The van der Waals surface area contributed by atoms with Crippen molar-refractivity contribution in [3.63, 3.8) is 0 Å². The first-order chi connectivity index (χ1) is 30.7. The van der Waals surface area contributed by atoms with Crippen molar-refractivity contribution in [1.29, 1.82) is 0 Å². The van der Waals surface area contributed by atoms with E-state index < -0.39 is 5.60 Å². The van der Waals surface area contributed by atoms with Gasteiger partial charge < -0.3 is 5.11 Å². The molecule has 11 rings (SSSR count). The van der Waals surface area contributed by atoms with Crippen molar-refractivity contribution < 1.29 is 5.11 Å². The summed E-state index contributed by atoms with van der Waals surface area (Å²) in [6, 6.07) is 2.80. The van der Waals surface area contributed by atoms with E-state index in [1.807, 2.05) is 0 Å². The Bertz CT molecular complexity index is 1530. The molecule has 356 valence electrons. The van der Waals surface area contributed by atoms with E-state index in [-0.39, 0.29) is 5.41 Å². The molecule has 0 amide bonds. The molecular weight excluding hydrogens is 767 g/mol. The Morgan fingerprint density at radius 1 is 0.476 bits per heavy atom. The van der Waals surface area contributed by atoms with Crippen LogP contribution in [0.15, 0.2) is 5.10 Å². The fourth-order valence-corrected chi connectivity index (χ4v) is 20.4. The molecule has 63 heavy (non-hydrogen) atoms. The van der Waals surface area contributed by atoms with Gasteiger partial charge in [-0.1, -0.05) is 111 Å². The highest BCUT2D eigenvalue weighted by atomic mass is 16.3. The van der Waals surface area contributed by atoms with E-state index in [0.29, 0.717) is 35.0 Å². The lowest BCUT2D eigenvalue weighted by molar-refractivity contribution is -0.186. The number of hydrogen-bond acceptors (Lipinski definition) is 4. The maximum atomic E-state index is 13.7. The largest absolute Gasteiger partial charge is 0.388 e. The molecule has 4 heteroatoms. The van der Waals surface area contributed by atoms with Crippen molar-refractivity contribution in [3.05, 3.63) is 0 Å². The smallest absolute Gasteiger partial charge is 0.0830 e. The predicted molar refractivity (Wildman–Crippen MR) is 263 cm³/mol. The summed E-state index contributed by atoms with van der Waals surface area (Å²) < 4.78 is 0. The van der Waals surface area contributed by atoms with E-state index in [4.69, 9.17) is 5.10 Å². The molecule has 2 heterocycles. The Balaban J connectivity index is 0.830. The summed E-state index contributed by atoms with van der Waals surface area (Å²) in [5, 5.41) is 22.3. The maximum Gasteiger partial charge on any atom is 0.0830 e. The number of β-amino-alcohol motifs (C(OH)–C–C–N with tert-alkyl or cyclic N) is 1. The van der Waals surface area contributed by atoms with Gasteiger partial charge in [0.15, 0.2) is 0 Å². The molecule has 9 aliphatic carbocycles. The van der Waals surface area contributed by atoms with Gasteiger partial charge in [0.25, 0.3) is 0 Å². The fourth-order valence-electron chi connectivity index (χ4n) is 20.4. The van der Waals surface area contributed by atoms with Crippen LogP contribution in [0.3, 0.4) is 0 Å². The summed E-state index contributed by atoms with van der Waals surface area (Å²) in [5.74, 6) is 7.65. The summed E-state index contributed by atoms with van der Waals surface area (Å²) in [7, 11) is 0. The number of fused-ring (bicyclic) bond motifs is 5. The van der Waals surface area contributed by atoms with E-state index in [2.05, 4.69) is 30.7 Å². The molecule has 4 nitrogen and oxygen atoms in total. The summed E-state index contributed by atoms with van der Waals surface area (Å²) in [6.07, 6.45) is 52.7. The standard InChI is InChI=1S/C59H99N3O/c1-56-33-16-17-34-57(56,2)50-31-36-58(3)51(49(50)30-35-56)32-37-59(58,63)41-61-53(44-20-10-5-11-21-44)38-47(39-54(61)45-22-12-6-13-23-45)42-26-28-48(29-27-42)62-55(46-24-14-7-15-25-46)40-52(60-62)43-18-8-4-9-19-43/h42-51,53-55,63H,4-41H2,1-3H3/t42?,47?,48?,49-,50+,51-,53?,54?,55+,56-,57-,58+,59-/m1/s1. The number of hydrazone groups is 1. The molecule has 2 unspecified atom stereocenters. The van der Waals surface area contributed by atoms with Gasteiger partial charge in [0.2, 0.25) is 0 Å². The molecule has 2 aliphatic heterocycles. The van der Waals surface area contributed by atoms with Crippen LogP contribution in [-0.2, 0) is 0 Å². The first-order valence-electron chi connectivity index (χ1n) is 29.5. The normalized spacial score (nSPS) is 47.8. The van der Waals surface area contributed by atoms with Crippen molar-refractivity contribution in [1.82, 2.24) is 9.91 Å². The van der Waals surface area contributed by atoms with Crippen molar-refractivity contribution in [2.45, 2.75) is 288 Å². The molecule has 10 atom stereocenters. The average Bonchev–Trinajstić information content (AvgIpc) is 3.89. The summed E-state index contributed by atoms with van der Waals surface area (Å²) >= 11 is 0. The van der Waals surface area contributed by atoms with Crippen LogP contribution in [0.5, 0.6) is 0 Å². The Labute approximate surface area is 388 Å². The Hall–Kier alpha value is -0.610. The van der Waals surface area contributed by atoms with E-state index in [0.717, 1.165) is 66.2 Å². The molecular formula is C59H99N3O. The highest BCUT2D eigenvalue weighted by Crippen LogP contribution is 2.71. The Morgan fingerprint density at radius 3 is 1.63 bits per heavy atom. The minimum Gasteiger partial charge on any atom is -0.388 e. The predicted octanol–water partition coefficient (Wildman–Crippen LogP) is 15.3. The summed E-state index contributed by atoms with van der Waals surface area (Å²) in [5.41, 5.74) is 2.27. The summed E-state index contributed by atoms with van der Waals surface area (Å²) in [4.78, 5) is 3.20. The van der Waals surface area contributed by atoms with Crippen LogP contribution in [-0.4, -0.2) is 57.0 Å². The Morgan fingerprint density at radius 2 is 1.02 bits per heavy atom. The van der Waals surface area contributed by atoms with Gasteiger partial charge in [-0.05, 0) is 205 Å². The third-order valence-corrected chi connectivity index (χ3v) is 24.5. The monoisotopic (exact) mass is 866 g/mol. The first kappa shape index (κ1) is 44.9. The van der Waals surface area contributed by atoms with Crippen molar-refractivity contribution >= 4 is 5.71 Å². The lowest BCUT2D eigenvalue weighted by Gasteiger charge is -2.65. The number of nitrogens with zero attached hydrogens (tertiary/aromatic N) is 3. The van der Waals surface area contributed by atoms with Crippen LogP contribution in [0.2, 0.25) is 0 Å². The second-order valence-corrected chi connectivity index (χ2v) is 27.0. The Kier molecular flexibility index (Phi) is 13.1. The van der Waals surface area contributed by atoms with Crippen LogP contribution in [0.1, 0.15) is 258 Å². The highest BCUT2D eigenvalue weighted by molar-refractivity contribution is 5.88. The van der Waals surface area contributed by atoms with Crippen LogP contribution in [0.4, 0.5) is 0 Å². The van der Waals surface area contributed by atoms with E-state index in [1.54, 1.807) is 5.71 Å². The van der Waals surface area contributed by atoms with E-state index in [1.165, 1.54) is 231 Å². The lowest BCUT2D eigenvalue weighted by Crippen LogP contribution is -2.64. The van der Waals surface area contributed by atoms with E-state index in [9.17, 15) is 5.11 Å². The minimum absolute atomic E-state index is 0.0841. The van der Waals surface area contributed by atoms with Gasteiger partial charge in [0.1, 0.15) is 0 Å². The van der Waals surface area contributed by atoms with Crippen LogP contribution >= 0.6 is 0 Å². The second kappa shape index (κ2) is 18.4. The highest BCUT2D eigenvalue weighted by Gasteiger charge is 2.67. The van der Waals surface area contributed by atoms with Gasteiger partial charge in [-0.25, -0.2) is 0 Å². The summed E-state index contributed by atoms with van der Waals surface area (Å²) in [6.45, 7) is 9.13. The zero-order chi connectivity index (χ0) is 42.8. The number of hydrogen-bond donors (Lipinski definition) is 1. The van der Waals surface area contributed by atoms with Crippen molar-refractivity contribution in [2.75, 3.05) is 6.54 Å². The molecule has 0 spiro atoms. The molecule has 11 aliphatic rings. The topological polar surface area (TPSA) is 39.1 Å². The second-order valence-electron chi connectivity index (χ2n) is 27.0. The zero-order valence-electron chi connectivity index (χ0n) is 41.7. The fraction of sp³-hybridized carbons (Fsp3) is 0.983. The molecule has 0 aromatic rings. The van der Waals surface area contributed by atoms with Crippen LogP contribution in [0.25, 0.3) is 0 Å². The van der Waals surface area contributed by atoms with Gasteiger partial charge in [-0.2, -0.15) is 5.10 Å². The zero-order valence-corrected chi connectivity index (χ0v) is 41.7. The van der Waals surface area contributed by atoms with Gasteiger partial charge >= 0.3 is 0 Å². The number of piperidine rings is 1. The van der Waals surface area contributed by atoms with Crippen molar-refractivity contribution in [3.8, 4) is 0 Å². The van der Waals surface area contributed by atoms with Gasteiger partial charge in [0, 0.05) is 42.2 Å². The molecule has 10 fully saturated rings. The maximum absolute atomic E-state index is 13.7. The van der Waals surface area contributed by atoms with Crippen LogP contribution in [0, 0.1) is 69.5 Å². The molecule has 9 saturated carbocycles. The number of rotatable bonds is 8. The first-order valence-corrected chi connectivity index (χ1v) is 29.5. The SMILES string of the molecule is C[C@]12CCCC[C@]1(C)[C@H]1CC[C@@]3(C)[C@H](CC[C@@]3(O)CN3C(C4CCCCC4)CC(C4CCC(N5N=C(C6CCCCC6)C[C@H]5C5CCCCC5)CC4)CC3C3CCCCC3)[C@@H]1CC2. The van der Waals surface area contributed by atoms with Crippen molar-refractivity contribution in [2.24, 2.45) is 74.6 Å². The minimum atomic E-state index is -0.525. The average molecular weight is 866 g/mol. The lowest BCUT2D eigenvalue weighted by atomic mass is 9.40. The molecule has 1 saturated heterocycles. The molecule has 0 aromatic carbocycles. The quantitative estimate of drug-likeness (QED) is 0.264. The molecule has 0 radical (unpaired) electrons. The number of likely N-dealkylation sites (tertiary alicyclic amines) is 1. The molecule has 0 aromatic heterocycles. The van der Waals surface area contributed by atoms with E-state index >= 15 is 0 Å². The van der Waals surface area contributed by atoms with Gasteiger partial charge in [-0.3, -0.25) is 9.91 Å². The van der Waals surface area contributed by atoms with Gasteiger partial charge in [-0.15, -0.1) is 0 Å². The van der Waals surface area contributed by atoms with Crippen LogP contribution < -0.4 is 0 Å². The molecule has 0 bridgehead atoms. The molecule has 1 N–H and O–H groups in total. The van der Waals surface area contributed by atoms with Gasteiger partial charge in [0.05, 0.1) is 11.6 Å². The third kappa shape index (κ3) is 8.11.